The van der Waals surface area contributed by atoms with E-state index in [4.69, 9.17) is 4.74 Å². The topological polar surface area (TPSA) is 53.0 Å². The highest BCUT2D eigenvalue weighted by Crippen LogP contribution is 2.34. The van der Waals surface area contributed by atoms with Crippen molar-refractivity contribution in [1.29, 1.82) is 0 Å². The smallest absolute Gasteiger partial charge is 0.241 e. The van der Waals surface area contributed by atoms with Crippen molar-refractivity contribution in [2.45, 2.75) is 26.4 Å². The lowest BCUT2D eigenvalue weighted by Gasteiger charge is -2.29. The van der Waals surface area contributed by atoms with Gasteiger partial charge in [-0.25, -0.2) is 0 Å². The van der Waals surface area contributed by atoms with E-state index < -0.39 is 6.10 Å². The van der Waals surface area contributed by atoms with Crippen molar-refractivity contribution < 1.29 is 14.6 Å². The first-order valence-electron chi connectivity index (χ1n) is 7.22. The second kappa shape index (κ2) is 7.88. The molecule has 5 nitrogen and oxygen atoms in total. The molecule has 0 heterocycles. The first kappa shape index (κ1) is 17.3. The van der Waals surface area contributed by atoms with Crippen LogP contribution in [-0.4, -0.2) is 50.2 Å². The lowest BCUT2D eigenvalue weighted by molar-refractivity contribution is -0.127. The summed E-state index contributed by atoms with van der Waals surface area (Å²) in [5, 5.41) is 10.1. The first-order chi connectivity index (χ1) is 9.92. The molecule has 0 aliphatic carbocycles. The van der Waals surface area contributed by atoms with E-state index in [0.717, 1.165) is 24.2 Å². The monoisotopic (exact) mass is 294 g/mol. The molecule has 1 unspecified atom stereocenters. The fraction of sp³-hybridized carbons (Fsp3) is 0.562. The molecule has 0 bridgehead atoms. The molecular weight excluding hydrogens is 268 g/mol. The SMILES string of the molecule is CCCN(CC(=O)N(C)C)c1cccc(OC)c1C(C)O. The summed E-state index contributed by atoms with van der Waals surface area (Å²) >= 11 is 0. The van der Waals surface area contributed by atoms with Gasteiger partial charge in [-0.1, -0.05) is 13.0 Å². The minimum absolute atomic E-state index is 0.0304. The second-order valence-corrected chi connectivity index (χ2v) is 5.28. The van der Waals surface area contributed by atoms with Crippen LogP contribution < -0.4 is 9.64 Å². The first-order valence-corrected chi connectivity index (χ1v) is 7.22. The van der Waals surface area contributed by atoms with Gasteiger partial charge in [-0.15, -0.1) is 0 Å². The summed E-state index contributed by atoms with van der Waals surface area (Å²) in [6, 6.07) is 5.62. The highest BCUT2D eigenvalue weighted by Gasteiger charge is 2.20. The summed E-state index contributed by atoms with van der Waals surface area (Å²) in [7, 11) is 5.07. The third kappa shape index (κ3) is 4.36. The molecule has 5 heteroatoms. The van der Waals surface area contributed by atoms with Crippen LogP contribution in [0.4, 0.5) is 5.69 Å². The molecule has 1 rings (SSSR count). The van der Waals surface area contributed by atoms with Crippen LogP contribution in [0.25, 0.3) is 0 Å². The number of carbonyl (C=O) groups is 1. The molecule has 0 aliphatic heterocycles. The summed E-state index contributed by atoms with van der Waals surface area (Å²) in [4.78, 5) is 15.6. The van der Waals surface area contributed by atoms with Gasteiger partial charge in [0, 0.05) is 31.9 Å². The molecule has 0 spiro atoms. The van der Waals surface area contributed by atoms with Crippen LogP contribution in [0.5, 0.6) is 5.75 Å². The number of aliphatic hydroxyl groups excluding tert-OH is 1. The van der Waals surface area contributed by atoms with Crippen molar-refractivity contribution in [1.82, 2.24) is 4.90 Å². The van der Waals surface area contributed by atoms with Crippen LogP contribution in [-0.2, 0) is 4.79 Å². The van der Waals surface area contributed by atoms with Gasteiger partial charge in [-0.2, -0.15) is 0 Å². The van der Waals surface area contributed by atoms with Gasteiger partial charge in [-0.05, 0) is 25.5 Å². The number of hydrogen-bond donors (Lipinski definition) is 1. The van der Waals surface area contributed by atoms with Crippen LogP contribution in [0.15, 0.2) is 18.2 Å². The van der Waals surface area contributed by atoms with Crippen LogP contribution in [0.2, 0.25) is 0 Å². The lowest BCUT2D eigenvalue weighted by atomic mass is 10.1. The normalized spacial score (nSPS) is 11.9. The molecule has 1 amide bonds. The molecule has 118 valence electrons. The number of carbonyl (C=O) groups excluding carboxylic acids is 1. The van der Waals surface area contributed by atoms with Gasteiger partial charge < -0.3 is 19.6 Å². The molecule has 21 heavy (non-hydrogen) atoms. The number of hydrogen-bond acceptors (Lipinski definition) is 4. The number of nitrogens with zero attached hydrogens (tertiary/aromatic N) is 2. The van der Waals surface area contributed by atoms with Crippen LogP contribution in [0, 0.1) is 0 Å². The van der Waals surface area contributed by atoms with E-state index in [1.54, 1.807) is 33.0 Å². The van der Waals surface area contributed by atoms with E-state index in [-0.39, 0.29) is 12.5 Å². The summed E-state index contributed by atoms with van der Waals surface area (Å²) in [5.74, 6) is 0.670. The van der Waals surface area contributed by atoms with Crippen molar-refractivity contribution in [3.05, 3.63) is 23.8 Å². The fourth-order valence-electron chi connectivity index (χ4n) is 2.27. The Morgan fingerprint density at radius 3 is 2.52 bits per heavy atom. The van der Waals surface area contributed by atoms with E-state index in [9.17, 15) is 9.90 Å². The van der Waals surface area contributed by atoms with Crippen LogP contribution >= 0.6 is 0 Å². The maximum Gasteiger partial charge on any atom is 0.241 e. The number of likely N-dealkylation sites (N-methyl/N-ethyl adjacent to an activating group) is 1. The minimum Gasteiger partial charge on any atom is -0.496 e. The number of benzene rings is 1. The number of amides is 1. The van der Waals surface area contributed by atoms with Crippen molar-refractivity contribution in [3.8, 4) is 5.75 Å². The molecule has 0 aromatic heterocycles. The average Bonchev–Trinajstić information content (AvgIpc) is 2.45. The van der Waals surface area contributed by atoms with Crippen LogP contribution in [0.1, 0.15) is 31.9 Å². The molecule has 1 aromatic carbocycles. The van der Waals surface area contributed by atoms with E-state index in [2.05, 4.69) is 6.92 Å². The van der Waals surface area contributed by atoms with Crippen LogP contribution in [0.3, 0.4) is 0 Å². The highest BCUT2D eigenvalue weighted by molar-refractivity contribution is 5.81. The third-order valence-corrected chi connectivity index (χ3v) is 3.34. The van der Waals surface area contributed by atoms with Gasteiger partial charge in [0.2, 0.25) is 5.91 Å². The number of aliphatic hydroxyl groups is 1. The Kier molecular flexibility index (Phi) is 6.49. The highest BCUT2D eigenvalue weighted by atomic mass is 16.5. The van der Waals surface area contributed by atoms with Crippen molar-refractivity contribution in [3.63, 3.8) is 0 Å². The molecular formula is C16H26N2O3. The quantitative estimate of drug-likeness (QED) is 0.836. The predicted molar refractivity (Wildman–Crippen MR) is 84.8 cm³/mol. The largest absolute Gasteiger partial charge is 0.496 e. The zero-order valence-corrected chi connectivity index (χ0v) is 13.6. The molecule has 1 aromatic rings. The number of rotatable bonds is 7. The molecule has 0 radical (unpaired) electrons. The van der Waals surface area contributed by atoms with Gasteiger partial charge in [-0.3, -0.25) is 4.79 Å². The molecule has 1 atom stereocenters. The van der Waals surface area contributed by atoms with E-state index >= 15 is 0 Å². The molecule has 1 N–H and O–H groups in total. The predicted octanol–water partition coefficient (Wildman–Crippen LogP) is 2.05. The molecule has 0 aliphatic rings. The Hall–Kier alpha value is -1.75. The van der Waals surface area contributed by atoms with Crippen molar-refractivity contribution in [2.75, 3.05) is 39.2 Å². The molecule has 0 saturated carbocycles. The van der Waals surface area contributed by atoms with Gasteiger partial charge in [0.05, 0.1) is 19.8 Å². The zero-order chi connectivity index (χ0) is 16.0. The van der Waals surface area contributed by atoms with E-state index in [1.807, 2.05) is 23.1 Å². The fourth-order valence-corrected chi connectivity index (χ4v) is 2.27. The number of anilines is 1. The van der Waals surface area contributed by atoms with E-state index in [1.165, 1.54) is 0 Å². The maximum absolute atomic E-state index is 12.0. The Morgan fingerprint density at radius 1 is 1.38 bits per heavy atom. The summed E-state index contributed by atoms with van der Waals surface area (Å²) in [6.45, 7) is 4.80. The van der Waals surface area contributed by atoms with Crippen molar-refractivity contribution in [2.24, 2.45) is 0 Å². The van der Waals surface area contributed by atoms with Gasteiger partial charge >= 0.3 is 0 Å². The lowest BCUT2D eigenvalue weighted by Crippen LogP contribution is -2.37. The Balaban J connectivity index is 3.21. The number of ether oxygens (including phenoxy) is 1. The minimum atomic E-state index is -0.662. The van der Waals surface area contributed by atoms with Gasteiger partial charge in [0.15, 0.2) is 0 Å². The Bertz CT molecular complexity index is 473. The summed E-state index contributed by atoms with van der Waals surface area (Å²) in [6.07, 6.45) is 0.252. The second-order valence-electron chi connectivity index (χ2n) is 5.28. The zero-order valence-electron chi connectivity index (χ0n) is 13.6. The standard InChI is InChI=1S/C16H26N2O3/c1-6-10-18(11-15(20)17(3)4)13-8-7-9-14(21-5)16(13)12(2)19/h7-9,12,19H,6,10-11H2,1-5H3. The third-order valence-electron chi connectivity index (χ3n) is 3.34. The van der Waals surface area contributed by atoms with Crippen molar-refractivity contribution >= 4 is 11.6 Å². The number of methoxy groups -OCH3 is 1. The summed E-state index contributed by atoms with van der Waals surface area (Å²) < 4.78 is 5.35. The van der Waals surface area contributed by atoms with Gasteiger partial charge in [0.25, 0.3) is 0 Å². The molecule has 0 fully saturated rings. The van der Waals surface area contributed by atoms with E-state index in [0.29, 0.717) is 5.75 Å². The average molecular weight is 294 g/mol. The Morgan fingerprint density at radius 2 is 2.05 bits per heavy atom. The van der Waals surface area contributed by atoms with Gasteiger partial charge in [0.1, 0.15) is 5.75 Å². The molecule has 0 saturated heterocycles. The Labute approximate surface area is 127 Å². The summed E-state index contributed by atoms with van der Waals surface area (Å²) in [5.41, 5.74) is 1.57. The maximum atomic E-state index is 12.0.